The number of nitrogens with one attached hydrogen (secondary N) is 1. The first-order valence-corrected chi connectivity index (χ1v) is 7.37. The van der Waals surface area contributed by atoms with E-state index in [4.69, 9.17) is 5.73 Å². The summed E-state index contributed by atoms with van der Waals surface area (Å²) in [6, 6.07) is 8.12. The molecule has 0 bridgehead atoms. The highest BCUT2D eigenvalue weighted by Gasteiger charge is 2.32. The van der Waals surface area contributed by atoms with E-state index in [-0.39, 0.29) is 17.5 Å². The molecule has 0 amide bonds. The van der Waals surface area contributed by atoms with Gasteiger partial charge in [-0.25, -0.2) is 4.39 Å². The molecular formula is C15H15FN2OS. The molecule has 1 aromatic heterocycles. The molecule has 1 aliphatic carbocycles. The maximum Gasteiger partial charge on any atom is 0.178 e. The van der Waals surface area contributed by atoms with Gasteiger partial charge in [0.05, 0.1) is 15.6 Å². The normalized spacial score (nSPS) is 14.2. The van der Waals surface area contributed by atoms with Crippen molar-refractivity contribution in [3.8, 4) is 0 Å². The summed E-state index contributed by atoms with van der Waals surface area (Å²) in [4.78, 5) is 12.7. The Hall–Kier alpha value is -1.88. The number of thiophene rings is 1. The van der Waals surface area contributed by atoms with Gasteiger partial charge in [-0.1, -0.05) is 12.1 Å². The van der Waals surface area contributed by atoms with Crippen molar-refractivity contribution in [2.75, 3.05) is 11.1 Å². The van der Waals surface area contributed by atoms with Crippen LogP contribution in [-0.4, -0.2) is 5.78 Å². The van der Waals surface area contributed by atoms with Gasteiger partial charge in [0.2, 0.25) is 0 Å². The van der Waals surface area contributed by atoms with E-state index in [1.807, 2.05) is 0 Å². The number of benzene rings is 1. The summed E-state index contributed by atoms with van der Waals surface area (Å²) in [5, 5.41) is 4.09. The van der Waals surface area contributed by atoms with Gasteiger partial charge in [0.25, 0.3) is 0 Å². The third-order valence-electron chi connectivity index (χ3n) is 3.31. The molecule has 1 heterocycles. The van der Waals surface area contributed by atoms with Gasteiger partial charge in [-0.15, -0.1) is 11.3 Å². The summed E-state index contributed by atoms with van der Waals surface area (Å²) in [6.45, 7) is 0.581. The number of nitrogens with two attached hydrogens (primary N) is 1. The zero-order valence-electron chi connectivity index (χ0n) is 10.9. The van der Waals surface area contributed by atoms with Gasteiger partial charge in [-0.2, -0.15) is 0 Å². The molecule has 0 unspecified atom stereocenters. The van der Waals surface area contributed by atoms with Crippen LogP contribution < -0.4 is 11.1 Å². The van der Waals surface area contributed by atoms with Crippen LogP contribution in [0.15, 0.2) is 30.3 Å². The smallest absolute Gasteiger partial charge is 0.178 e. The molecule has 0 saturated heterocycles. The topological polar surface area (TPSA) is 55.1 Å². The van der Waals surface area contributed by atoms with Gasteiger partial charge in [0.15, 0.2) is 5.78 Å². The summed E-state index contributed by atoms with van der Waals surface area (Å²) >= 11 is 1.40. The molecule has 104 valence electrons. The van der Waals surface area contributed by atoms with Crippen molar-refractivity contribution >= 4 is 27.8 Å². The number of halogens is 1. The van der Waals surface area contributed by atoms with Crippen LogP contribution in [0, 0.1) is 11.7 Å². The fourth-order valence-corrected chi connectivity index (χ4v) is 3.00. The number of rotatable bonds is 5. The Morgan fingerprint density at radius 3 is 2.70 bits per heavy atom. The fourth-order valence-electron chi connectivity index (χ4n) is 2.01. The van der Waals surface area contributed by atoms with Crippen LogP contribution in [-0.2, 0) is 6.54 Å². The Bertz CT molecular complexity index is 632. The van der Waals surface area contributed by atoms with E-state index in [1.165, 1.54) is 23.5 Å². The van der Waals surface area contributed by atoms with Crippen molar-refractivity contribution in [3.63, 3.8) is 0 Å². The van der Waals surface area contributed by atoms with Gasteiger partial charge in [-0.05, 0) is 36.6 Å². The maximum absolute atomic E-state index is 12.8. The zero-order valence-corrected chi connectivity index (χ0v) is 11.7. The number of anilines is 2. The van der Waals surface area contributed by atoms with E-state index in [2.05, 4.69) is 5.32 Å². The molecule has 2 aromatic rings. The van der Waals surface area contributed by atoms with Crippen LogP contribution in [0.25, 0.3) is 0 Å². The Kier molecular flexibility index (Phi) is 3.44. The summed E-state index contributed by atoms with van der Waals surface area (Å²) < 4.78 is 12.8. The molecule has 0 radical (unpaired) electrons. The third kappa shape index (κ3) is 2.82. The Balaban J connectivity index is 1.67. The number of hydrogen-bond acceptors (Lipinski definition) is 4. The van der Waals surface area contributed by atoms with E-state index in [9.17, 15) is 9.18 Å². The van der Waals surface area contributed by atoms with Crippen LogP contribution in [0.4, 0.5) is 15.1 Å². The average molecular weight is 290 g/mol. The molecule has 5 heteroatoms. The first-order valence-electron chi connectivity index (χ1n) is 6.55. The molecule has 0 aliphatic heterocycles. The number of nitrogen functional groups attached to an aromatic ring is 1. The van der Waals surface area contributed by atoms with Gasteiger partial charge >= 0.3 is 0 Å². The van der Waals surface area contributed by atoms with Crippen LogP contribution in [0.5, 0.6) is 0 Å². The standard InChI is InChI=1S/C15H15FN2OS/c16-11-5-1-9(2-6-11)8-18-13-7-12(17)15(20-13)14(19)10-3-4-10/h1-2,5-7,10,18H,3-4,8,17H2. The summed E-state index contributed by atoms with van der Waals surface area (Å²) in [5.74, 6) is 0.106. The molecule has 1 aromatic carbocycles. The van der Waals surface area contributed by atoms with Crippen molar-refractivity contribution in [3.05, 3.63) is 46.6 Å². The van der Waals surface area contributed by atoms with Crippen LogP contribution in [0.3, 0.4) is 0 Å². The lowest BCUT2D eigenvalue weighted by molar-refractivity contribution is 0.0972. The lowest BCUT2D eigenvalue weighted by atomic mass is 10.2. The molecule has 0 atom stereocenters. The lowest BCUT2D eigenvalue weighted by Crippen LogP contribution is -2.01. The van der Waals surface area contributed by atoms with Crippen LogP contribution >= 0.6 is 11.3 Å². The zero-order chi connectivity index (χ0) is 14.1. The molecule has 3 N–H and O–H groups in total. The monoisotopic (exact) mass is 290 g/mol. The van der Waals surface area contributed by atoms with Crippen LogP contribution in [0.1, 0.15) is 28.1 Å². The largest absolute Gasteiger partial charge is 0.397 e. The van der Waals surface area contributed by atoms with E-state index in [1.54, 1.807) is 18.2 Å². The minimum Gasteiger partial charge on any atom is -0.397 e. The SMILES string of the molecule is Nc1cc(NCc2ccc(F)cc2)sc1C(=O)C1CC1. The second-order valence-electron chi connectivity index (χ2n) is 5.01. The minimum atomic E-state index is -0.244. The van der Waals surface area contributed by atoms with Gasteiger partial charge in [-0.3, -0.25) is 4.79 Å². The van der Waals surface area contributed by atoms with Gasteiger partial charge in [0, 0.05) is 12.5 Å². The molecule has 1 fully saturated rings. The fraction of sp³-hybridized carbons (Fsp3) is 0.267. The van der Waals surface area contributed by atoms with E-state index in [0.29, 0.717) is 17.1 Å². The molecular weight excluding hydrogens is 275 g/mol. The Labute approximate surface area is 120 Å². The van der Waals surface area contributed by atoms with Gasteiger partial charge in [0.1, 0.15) is 5.82 Å². The average Bonchev–Trinajstić information content (AvgIpc) is 3.21. The van der Waals surface area contributed by atoms with Crippen LogP contribution in [0.2, 0.25) is 0 Å². The number of carbonyl (C=O) groups is 1. The number of ketones is 1. The summed E-state index contributed by atoms with van der Waals surface area (Å²) in [6.07, 6.45) is 1.96. The summed E-state index contributed by atoms with van der Waals surface area (Å²) in [5.41, 5.74) is 7.43. The second kappa shape index (κ2) is 5.25. The number of Topliss-reactive ketones (excluding diaryl/α,β-unsaturated/α-hetero) is 1. The molecule has 3 nitrogen and oxygen atoms in total. The van der Waals surface area contributed by atoms with E-state index < -0.39 is 0 Å². The molecule has 1 saturated carbocycles. The minimum absolute atomic E-state index is 0.169. The first-order chi connectivity index (χ1) is 9.63. The Morgan fingerprint density at radius 2 is 2.05 bits per heavy atom. The molecule has 1 aliphatic rings. The maximum atomic E-state index is 12.8. The van der Waals surface area contributed by atoms with Gasteiger partial charge < -0.3 is 11.1 Å². The van der Waals surface area contributed by atoms with Crippen molar-refractivity contribution in [1.82, 2.24) is 0 Å². The van der Waals surface area contributed by atoms with Crippen molar-refractivity contribution in [1.29, 1.82) is 0 Å². The highest BCUT2D eigenvalue weighted by molar-refractivity contribution is 7.18. The lowest BCUT2D eigenvalue weighted by Gasteiger charge is -2.03. The predicted molar refractivity (Wildman–Crippen MR) is 79.5 cm³/mol. The van der Waals surface area contributed by atoms with Crippen molar-refractivity contribution in [2.24, 2.45) is 5.92 Å². The number of carbonyl (C=O) groups excluding carboxylic acids is 1. The quantitative estimate of drug-likeness (QED) is 0.826. The number of hydrogen-bond donors (Lipinski definition) is 2. The molecule has 20 heavy (non-hydrogen) atoms. The third-order valence-corrected chi connectivity index (χ3v) is 4.44. The second-order valence-corrected chi connectivity index (χ2v) is 6.07. The summed E-state index contributed by atoms with van der Waals surface area (Å²) in [7, 11) is 0. The molecule has 0 spiro atoms. The highest BCUT2D eigenvalue weighted by atomic mass is 32.1. The first kappa shape index (κ1) is 13.1. The van der Waals surface area contributed by atoms with E-state index >= 15 is 0 Å². The Morgan fingerprint density at radius 1 is 1.35 bits per heavy atom. The van der Waals surface area contributed by atoms with E-state index in [0.717, 1.165) is 23.4 Å². The molecule has 3 rings (SSSR count). The van der Waals surface area contributed by atoms with Crippen molar-refractivity contribution in [2.45, 2.75) is 19.4 Å². The van der Waals surface area contributed by atoms with Crippen molar-refractivity contribution < 1.29 is 9.18 Å². The predicted octanol–water partition coefficient (Wildman–Crippen LogP) is 3.67. The highest BCUT2D eigenvalue weighted by Crippen LogP contribution is 2.38.